The zero-order chi connectivity index (χ0) is 39.2. The quantitative estimate of drug-likeness (QED) is 0.0364. The number of rotatable bonds is 27. The first-order valence-corrected chi connectivity index (χ1v) is 22.8. The fraction of sp³-hybridized carbons (Fsp3) is 0.870. The number of carbonyl (C=O) groups is 2. The van der Waals surface area contributed by atoms with Crippen LogP contribution in [0.1, 0.15) is 188 Å². The third-order valence-electron chi connectivity index (χ3n) is 14.3. The highest BCUT2D eigenvalue weighted by Crippen LogP contribution is 2.71. The van der Waals surface area contributed by atoms with E-state index >= 15 is 0 Å². The number of fused-ring (bicyclic) bond motifs is 3. The average molecular weight is 771 g/mol. The third-order valence-corrected chi connectivity index (χ3v) is 14.3. The average Bonchev–Trinajstić information content (AvgIpc) is 3.76. The largest absolute Gasteiger partial charge is 0.462 e. The molecule has 0 amide bonds. The molecule has 5 fully saturated rings. The van der Waals surface area contributed by atoms with Gasteiger partial charge in [0, 0.05) is 24.7 Å². The van der Waals surface area contributed by atoms with E-state index in [1.807, 2.05) is 6.92 Å². The number of aliphatic hydroxyl groups excluding tert-OH is 1. The van der Waals surface area contributed by atoms with E-state index in [0.29, 0.717) is 19.3 Å². The first kappa shape index (κ1) is 43.0. The minimum atomic E-state index is -2.20. The Hall–Kier alpha value is -1.62. The Kier molecular flexibility index (Phi) is 14.5. The zero-order valence-electron chi connectivity index (χ0n) is 34.6. The Morgan fingerprint density at radius 3 is 1.89 bits per heavy atom. The second kappa shape index (κ2) is 18.5. The lowest BCUT2D eigenvalue weighted by Crippen LogP contribution is -2.69. The summed E-state index contributed by atoms with van der Waals surface area (Å²) < 4.78 is 33.1. The number of hydrogen-bond donors (Lipinski definition) is 2. The summed E-state index contributed by atoms with van der Waals surface area (Å²) in [4.78, 5) is 26.7. The van der Waals surface area contributed by atoms with Crippen LogP contribution in [0.5, 0.6) is 0 Å². The van der Waals surface area contributed by atoms with Crippen molar-refractivity contribution in [2.75, 3.05) is 6.61 Å². The van der Waals surface area contributed by atoms with E-state index in [9.17, 15) is 19.8 Å². The van der Waals surface area contributed by atoms with Crippen molar-refractivity contribution in [3.8, 4) is 0 Å². The normalized spacial score (nSPS) is 37.8. The van der Waals surface area contributed by atoms with Crippen molar-refractivity contribution in [2.24, 2.45) is 11.8 Å². The topological polar surface area (TPSA) is 124 Å². The molecule has 6 rings (SSSR count). The Bertz CT molecular complexity index is 1350. The third kappa shape index (κ3) is 8.46. The molecule has 0 aromatic rings. The van der Waals surface area contributed by atoms with Gasteiger partial charge in [-0.25, -0.2) is 0 Å². The molecule has 312 valence electrons. The Morgan fingerprint density at radius 1 is 0.782 bits per heavy atom. The lowest BCUT2D eigenvalue weighted by molar-refractivity contribution is -0.424. The maximum Gasteiger partial charge on any atom is 0.305 e. The molecule has 55 heavy (non-hydrogen) atoms. The molecule has 0 spiro atoms. The Labute approximate surface area is 331 Å². The number of ketones is 1. The van der Waals surface area contributed by atoms with Gasteiger partial charge in [-0.15, -0.1) is 0 Å². The molecule has 6 aliphatic rings. The van der Waals surface area contributed by atoms with Gasteiger partial charge >= 0.3 is 5.97 Å². The van der Waals surface area contributed by atoms with E-state index in [2.05, 4.69) is 20.4 Å². The van der Waals surface area contributed by atoms with Gasteiger partial charge in [0.15, 0.2) is 17.0 Å². The maximum absolute atomic E-state index is 13.6. The van der Waals surface area contributed by atoms with Crippen molar-refractivity contribution < 1.29 is 43.5 Å². The number of epoxide rings is 1. The molecule has 3 saturated heterocycles. The molecular weight excluding hydrogens is 696 g/mol. The Morgan fingerprint density at radius 2 is 1.33 bits per heavy atom. The summed E-state index contributed by atoms with van der Waals surface area (Å²) in [6, 6.07) is 0. The summed E-state index contributed by atoms with van der Waals surface area (Å²) in [5.41, 5.74) is -4.79. The van der Waals surface area contributed by atoms with E-state index in [4.69, 9.17) is 23.7 Å². The molecule has 0 aromatic carbocycles. The summed E-state index contributed by atoms with van der Waals surface area (Å²) in [7, 11) is 0. The van der Waals surface area contributed by atoms with Crippen molar-refractivity contribution in [3.63, 3.8) is 0 Å². The van der Waals surface area contributed by atoms with Crippen LogP contribution < -0.4 is 0 Å². The molecule has 1 unspecified atom stereocenters. The van der Waals surface area contributed by atoms with E-state index < -0.39 is 64.3 Å². The molecule has 0 aromatic heterocycles. The van der Waals surface area contributed by atoms with Crippen molar-refractivity contribution in [1.29, 1.82) is 0 Å². The summed E-state index contributed by atoms with van der Waals surface area (Å²) in [5, 5.41) is 24.4. The van der Waals surface area contributed by atoms with Gasteiger partial charge in [-0.3, -0.25) is 9.59 Å². The first-order chi connectivity index (χ1) is 26.6. The molecule has 3 aliphatic heterocycles. The van der Waals surface area contributed by atoms with Crippen molar-refractivity contribution in [1.82, 2.24) is 0 Å². The first-order valence-electron chi connectivity index (χ1n) is 22.8. The predicted molar refractivity (Wildman–Crippen MR) is 212 cm³/mol. The summed E-state index contributed by atoms with van der Waals surface area (Å²) in [6.45, 7) is 10.6. The number of ether oxygens (including phenoxy) is 5. The molecule has 9 heteroatoms. The van der Waals surface area contributed by atoms with Gasteiger partial charge in [-0.05, 0) is 44.3 Å². The lowest BCUT2D eigenvalue weighted by Gasteiger charge is -2.56. The van der Waals surface area contributed by atoms with Gasteiger partial charge < -0.3 is 33.9 Å². The van der Waals surface area contributed by atoms with Gasteiger partial charge in [0.2, 0.25) is 0 Å². The molecule has 3 heterocycles. The molecule has 2 saturated carbocycles. The van der Waals surface area contributed by atoms with Crippen LogP contribution in [0.2, 0.25) is 0 Å². The number of carbonyl (C=O) groups excluding carboxylic acids is 2. The fourth-order valence-corrected chi connectivity index (χ4v) is 11.0. The van der Waals surface area contributed by atoms with Crippen molar-refractivity contribution in [3.05, 3.63) is 24.3 Å². The molecule has 2 N–H and O–H groups in total. The van der Waals surface area contributed by atoms with Crippen molar-refractivity contribution in [2.45, 2.75) is 234 Å². The highest BCUT2D eigenvalue weighted by atomic mass is 16.9. The van der Waals surface area contributed by atoms with Crippen LogP contribution >= 0.6 is 0 Å². The van der Waals surface area contributed by atoms with E-state index in [1.54, 1.807) is 6.08 Å². The van der Waals surface area contributed by atoms with Crippen LogP contribution in [-0.2, 0) is 33.3 Å². The van der Waals surface area contributed by atoms with Crippen LogP contribution in [0.25, 0.3) is 0 Å². The molecule has 3 aliphatic carbocycles. The van der Waals surface area contributed by atoms with Gasteiger partial charge in [0.1, 0.15) is 30.5 Å². The van der Waals surface area contributed by atoms with Gasteiger partial charge in [0.25, 0.3) is 5.97 Å². The van der Waals surface area contributed by atoms with Crippen LogP contribution in [0.3, 0.4) is 0 Å². The Balaban J connectivity index is 1.05. The molecule has 10 atom stereocenters. The lowest BCUT2D eigenvalue weighted by atomic mass is 9.58. The van der Waals surface area contributed by atoms with Crippen LogP contribution in [0, 0.1) is 11.8 Å². The number of hydrogen-bond acceptors (Lipinski definition) is 9. The van der Waals surface area contributed by atoms with Crippen LogP contribution in [0.15, 0.2) is 24.3 Å². The van der Waals surface area contributed by atoms with E-state index in [-0.39, 0.29) is 19.0 Å². The number of aliphatic hydroxyl groups is 2. The fourth-order valence-electron chi connectivity index (χ4n) is 11.0. The molecule has 0 radical (unpaired) electrons. The van der Waals surface area contributed by atoms with Gasteiger partial charge in [-0.1, -0.05) is 155 Å². The summed E-state index contributed by atoms with van der Waals surface area (Å²) >= 11 is 0. The van der Waals surface area contributed by atoms with Crippen LogP contribution in [0.4, 0.5) is 0 Å². The SMILES string of the molecule is C=C(C)[C@]12CC[C@@]34OC(CCCCCCCCCCC)(O[C@@H]1[C@@H]3[C@@H]1O[C@]1(COC(=O)CCCCCCCCCCCCCCC)[C@@H](O)[C@]1(O)C(=O)C=C[C@@H]41)O2. The smallest absolute Gasteiger partial charge is 0.305 e. The van der Waals surface area contributed by atoms with Gasteiger partial charge in [-0.2, -0.15) is 0 Å². The van der Waals surface area contributed by atoms with Gasteiger partial charge in [0.05, 0.1) is 5.60 Å². The van der Waals surface area contributed by atoms with E-state index in [1.165, 1.54) is 109 Å². The monoisotopic (exact) mass is 771 g/mol. The van der Waals surface area contributed by atoms with Crippen LogP contribution in [-0.4, -0.2) is 75.3 Å². The molecule has 9 nitrogen and oxygen atoms in total. The highest BCUT2D eigenvalue weighted by Gasteiger charge is 2.87. The number of esters is 1. The maximum atomic E-state index is 13.6. The van der Waals surface area contributed by atoms with E-state index in [0.717, 1.165) is 44.1 Å². The standard InChI is InChI=1S/C46H74O9/c1-5-7-9-11-13-15-16-17-18-19-21-23-25-27-37(48)51-33-44-40(52-44)38-39-42(34(3)4)31-32-43(38,35-28-29-36(47)46(35,50)41(44)49)55-45(53-39,54-42)30-26-24-22-20-14-12-10-8-6-2/h28-29,35,38-41,49-50H,3,5-27,30-33H2,1-2,4H3/t35-,38+,39+,40-,41+,42+,43-,44-,45?,46+/m0/s1. The summed E-state index contributed by atoms with van der Waals surface area (Å²) in [6.07, 6.45) is 28.5. The minimum Gasteiger partial charge on any atom is -0.462 e. The predicted octanol–water partition coefficient (Wildman–Crippen LogP) is 9.49. The second-order valence-electron chi connectivity index (χ2n) is 18.2. The highest BCUT2D eigenvalue weighted by molar-refractivity contribution is 6.01. The number of unbranched alkanes of at least 4 members (excludes halogenated alkanes) is 20. The van der Waals surface area contributed by atoms with Crippen molar-refractivity contribution >= 4 is 11.8 Å². The zero-order valence-corrected chi connectivity index (χ0v) is 34.6. The second-order valence-corrected chi connectivity index (χ2v) is 18.2. The summed E-state index contributed by atoms with van der Waals surface area (Å²) in [5.74, 6) is -3.65. The molecule has 3 bridgehead atoms. The minimum absolute atomic E-state index is 0.262. The molecular formula is C46H74O9.